The van der Waals surface area contributed by atoms with Gasteiger partial charge < -0.3 is 20.3 Å². The third kappa shape index (κ3) is 6.63. The highest BCUT2D eigenvalue weighted by Crippen LogP contribution is 1.96. The van der Waals surface area contributed by atoms with Crippen LogP contribution in [0.15, 0.2) is 0 Å². The number of carboxylic acid groups (broad SMARTS) is 2. The number of rotatable bonds is 6. The minimum Gasteiger partial charge on any atom is -0.481 e. The summed E-state index contributed by atoms with van der Waals surface area (Å²) in [6, 6.07) is -1.47. The van der Waals surface area contributed by atoms with Crippen LogP contribution in [0.25, 0.3) is 0 Å². The van der Waals surface area contributed by atoms with Crippen molar-refractivity contribution in [1.82, 2.24) is 5.32 Å². The minimum atomic E-state index is -1.47. The fourth-order valence-corrected chi connectivity index (χ4v) is 0.801. The zero-order valence-corrected chi connectivity index (χ0v) is 9.10. The van der Waals surface area contributed by atoms with Gasteiger partial charge in [0.25, 0.3) is 0 Å². The predicted octanol–water partition coefficient (Wildman–Crippen LogP) is 0.296. The van der Waals surface area contributed by atoms with Crippen molar-refractivity contribution >= 4 is 18.0 Å². The molecule has 0 saturated heterocycles. The number of carbonyl (C=O) groups is 3. The number of hydrogen-bond donors (Lipinski definition) is 3. The first-order chi connectivity index (χ1) is 7.32. The molecule has 7 nitrogen and oxygen atoms in total. The summed E-state index contributed by atoms with van der Waals surface area (Å²) in [6.07, 6.45) is -1.62. The lowest BCUT2D eigenvalue weighted by atomic mass is 10.2. The Labute approximate surface area is 92.4 Å². The maximum Gasteiger partial charge on any atom is 0.407 e. The van der Waals surface area contributed by atoms with Crippen LogP contribution in [0.1, 0.15) is 20.3 Å². The lowest BCUT2D eigenvalue weighted by Crippen LogP contribution is -2.42. The molecule has 0 aromatic carbocycles. The molecule has 3 N–H and O–H groups in total. The summed E-state index contributed by atoms with van der Waals surface area (Å²) >= 11 is 0. The molecular weight excluding hydrogens is 218 g/mol. The van der Waals surface area contributed by atoms with Crippen LogP contribution >= 0.6 is 0 Å². The van der Waals surface area contributed by atoms with Gasteiger partial charge in [-0.2, -0.15) is 0 Å². The quantitative estimate of drug-likeness (QED) is 0.608. The summed E-state index contributed by atoms with van der Waals surface area (Å²) in [5.41, 5.74) is 0. The van der Waals surface area contributed by atoms with Crippen LogP contribution in [0.5, 0.6) is 0 Å². The first-order valence-electron chi connectivity index (χ1n) is 4.70. The summed E-state index contributed by atoms with van der Waals surface area (Å²) in [6.45, 7) is 3.78. The van der Waals surface area contributed by atoms with E-state index in [1.165, 1.54) is 0 Å². The Morgan fingerprint density at radius 3 is 2.19 bits per heavy atom. The van der Waals surface area contributed by atoms with E-state index < -0.39 is 30.5 Å². The van der Waals surface area contributed by atoms with Gasteiger partial charge in [0.2, 0.25) is 0 Å². The molecular formula is C9H15NO6. The third-order valence-corrected chi connectivity index (χ3v) is 1.52. The van der Waals surface area contributed by atoms with E-state index in [2.05, 4.69) is 4.74 Å². The molecule has 0 aromatic rings. The second-order valence-corrected chi connectivity index (χ2v) is 3.63. The number of carbonyl (C=O) groups excluding carboxylic acids is 1. The van der Waals surface area contributed by atoms with Crippen LogP contribution < -0.4 is 5.32 Å². The van der Waals surface area contributed by atoms with Crippen LogP contribution in [-0.4, -0.2) is 40.9 Å². The van der Waals surface area contributed by atoms with Crippen LogP contribution in [0.2, 0.25) is 0 Å². The molecule has 0 aliphatic heterocycles. The fourth-order valence-electron chi connectivity index (χ4n) is 0.801. The highest BCUT2D eigenvalue weighted by molar-refractivity contribution is 5.84. The van der Waals surface area contributed by atoms with Gasteiger partial charge >= 0.3 is 18.0 Å². The molecule has 0 aromatic heterocycles. The van der Waals surface area contributed by atoms with Crippen molar-refractivity contribution < 1.29 is 29.3 Å². The number of hydrogen-bond acceptors (Lipinski definition) is 4. The lowest BCUT2D eigenvalue weighted by molar-refractivity contribution is -0.145. The first kappa shape index (κ1) is 14.2. The maximum absolute atomic E-state index is 11.1. The van der Waals surface area contributed by atoms with Crippen LogP contribution in [0.4, 0.5) is 4.79 Å². The van der Waals surface area contributed by atoms with E-state index in [1.54, 1.807) is 0 Å². The molecule has 0 unspecified atom stereocenters. The molecule has 0 bridgehead atoms. The van der Waals surface area contributed by atoms with Crippen molar-refractivity contribution in [3.05, 3.63) is 0 Å². The van der Waals surface area contributed by atoms with E-state index in [4.69, 9.17) is 10.2 Å². The van der Waals surface area contributed by atoms with Crippen LogP contribution in [-0.2, 0) is 14.3 Å². The molecule has 1 atom stereocenters. The topological polar surface area (TPSA) is 113 Å². The third-order valence-electron chi connectivity index (χ3n) is 1.52. The number of nitrogens with one attached hydrogen (secondary N) is 1. The van der Waals surface area contributed by atoms with Crippen molar-refractivity contribution in [2.45, 2.75) is 26.3 Å². The summed E-state index contributed by atoms with van der Waals surface area (Å²) in [5, 5.41) is 19.0. The van der Waals surface area contributed by atoms with Crippen LogP contribution in [0.3, 0.4) is 0 Å². The fraction of sp³-hybridized carbons (Fsp3) is 0.667. The highest BCUT2D eigenvalue weighted by atomic mass is 16.5. The highest BCUT2D eigenvalue weighted by Gasteiger charge is 2.23. The molecule has 0 saturated carbocycles. The van der Waals surface area contributed by atoms with Gasteiger partial charge in [-0.3, -0.25) is 4.79 Å². The average Bonchev–Trinajstić information content (AvgIpc) is 2.12. The summed E-state index contributed by atoms with van der Waals surface area (Å²) in [5.74, 6) is -2.60. The molecule has 1 amide bonds. The predicted molar refractivity (Wildman–Crippen MR) is 53.0 cm³/mol. The zero-order valence-electron chi connectivity index (χ0n) is 9.10. The average molecular weight is 233 g/mol. The second-order valence-electron chi connectivity index (χ2n) is 3.63. The van der Waals surface area contributed by atoms with E-state index >= 15 is 0 Å². The van der Waals surface area contributed by atoms with Gasteiger partial charge in [-0.1, -0.05) is 13.8 Å². The van der Waals surface area contributed by atoms with Crippen molar-refractivity contribution in [2.75, 3.05) is 6.61 Å². The van der Waals surface area contributed by atoms with E-state index in [9.17, 15) is 14.4 Å². The molecule has 0 radical (unpaired) electrons. The Hall–Kier alpha value is -1.79. The van der Waals surface area contributed by atoms with Gasteiger partial charge in [0.15, 0.2) is 0 Å². The van der Waals surface area contributed by atoms with Gasteiger partial charge in [0.05, 0.1) is 13.0 Å². The smallest absolute Gasteiger partial charge is 0.407 e. The Morgan fingerprint density at radius 2 is 1.81 bits per heavy atom. The molecule has 0 spiro atoms. The molecule has 7 heteroatoms. The summed E-state index contributed by atoms with van der Waals surface area (Å²) < 4.78 is 4.66. The van der Waals surface area contributed by atoms with Crippen molar-refractivity contribution in [3.63, 3.8) is 0 Å². The molecule has 92 valence electrons. The number of carboxylic acids is 2. The number of ether oxygens (including phenoxy) is 1. The van der Waals surface area contributed by atoms with E-state index in [0.29, 0.717) is 0 Å². The lowest BCUT2D eigenvalue weighted by Gasteiger charge is -2.13. The number of alkyl carbamates (subject to hydrolysis) is 1. The van der Waals surface area contributed by atoms with Crippen molar-refractivity contribution in [2.24, 2.45) is 5.92 Å². The second kappa shape index (κ2) is 6.65. The van der Waals surface area contributed by atoms with Gasteiger partial charge in [-0.15, -0.1) is 0 Å². The number of amides is 1. The molecule has 0 rings (SSSR count). The Balaban J connectivity index is 4.13. The summed E-state index contributed by atoms with van der Waals surface area (Å²) in [7, 11) is 0. The van der Waals surface area contributed by atoms with Gasteiger partial charge in [0.1, 0.15) is 6.04 Å². The largest absolute Gasteiger partial charge is 0.481 e. The minimum absolute atomic E-state index is 0.119. The first-order valence-corrected chi connectivity index (χ1v) is 4.70. The molecule has 0 aliphatic carbocycles. The van der Waals surface area contributed by atoms with Crippen LogP contribution in [0, 0.1) is 5.92 Å². The maximum atomic E-state index is 11.1. The standard InChI is InChI=1S/C9H15NO6/c1-5(2)4-16-9(15)10-6(8(13)14)3-7(11)12/h5-6H,3-4H2,1-2H3,(H,10,15)(H,11,12)(H,13,14)/t6-/m1/s1. The van der Waals surface area contributed by atoms with Gasteiger partial charge in [-0.25, -0.2) is 9.59 Å². The monoisotopic (exact) mass is 233 g/mol. The van der Waals surface area contributed by atoms with Crippen molar-refractivity contribution in [3.8, 4) is 0 Å². The van der Waals surface area contributed by atoms with Gasteiger partial charge in [0, 0.05) is 0 Å². The van der Waals surface area contributed by atoms with Crippen molar-refractivity contribution in [1.29, 1.82) is 0 Å². The Kier molecular flexibility index (Phi) is 5.91. The zero-order chi connectivity index (χ0) is 12.7. The molecule has 0 aliphatic rings. The molecule has 0 heterocycles. The normalized spacial score (nSPS) is 11.9. The Bertz CT molecular complexity index is 275. The van der Waals surface area contributed by atoms with E-state index in [0.717, 1.165) is 0 Å². The Morgan fingerprint density at radius 1 is 1.25 bits per heavy atom. The number of aliphatic carboxylic acids is 2. The summed E-state index contributed by atoms with van der Waals surface area (Å²) in [4.78, 5) is 31.9. The molecule has 16 heavy (non-hydrogen) atoms. The van der Waals surface area contributed by atoms with E-state index in [1.807, 2.05) is 19.2 Å². The van der Waals surface area contributed by atoms with Gasteiger partial charge in [-0.05, 0) is 5.92 Å². The van der Waals surface area contributed by atoms with E-state index in [-0.39, 0.29) is 12.5 Å². The SMILES string of the molecule is CC(C)COC(=O)N[C@H](CC(=O)O)C(=O)O. The molecule has 0 fully saturated rings.